The maximum Gasteiger partial charge on any atom is 0.263 e. The van der Waals surface area contributed by atoms with E-state index in [2.05, 4.69) is 24.0 Å². The monoisotopic (exact) mass is 353 g/mol. The number of fused-ring (bicyclic) bond motifs is 3. The van der Waals surface area contributed by atoms with Crippen molar-refractivity contribution >= 4 is 27.5 Å². The minimum absolute atomic E-state index is 0.103. The van der Waals surface area contributed by atoms with Crippen LogP contribution < -0.4 is 10.5 Å². The van der Waals surface area contributed by atoms with Gasteiger partial charge in [0, 0.05) is 25.0 Å². The van der Waals surface area contributed by atoms with Crippen molar-refractivity contribution in [3.05, 3.63) is 56.7 Å². The number of hydrogen-bond acceptors (Lipinski definition) is 4. The van der Waals surface area contributed by atoms with Gasteiger partial charge in [-0.2, -0.15) is 0 Å². The first kappa shape index (κ1) is 16.3. The summed E-state index contributed by atoms with van der Waals surface area (Å²) in [6.07, 6.45) is 4.52. The molecule has 0 atom stereocenters. The number of nitrogens with zero attached hydrogens (tertiary/aromatic N) is 3. The molecule has 0 saturated carbocycles. The van der Waals surface area contributed by atoms with Crippen LogP contribution in [-0.4, -0.2) is 16.1 Å². The zero-order valence-corrected chi connectivity index (χ0v) is 15.6. The van der Waals surface area contributed by atoms with Crippen molar-refractivity contribution in [1.29, 1.82) is 0 Å². The van der Waals surface area contributed by atoms with E-state index in [9.17, 15) is 4.79 Å². The first-order valence-corrected chi connectivity index (χ1v) is 9.81. The molecule has 0 radical (unpaired) electrons. The molecule has 0 N–H and O–H groups in total. The highest BCUT2D eigenvalue weighted by Gasteiger charge is 2.22. The van der Waals surface area contributed by atoms with Gasteiger partial charge in [-0.15, -0.1) is 11.3 Å². The van der Waals surface area contributed by atoms with Gasteiger partial charge in [0.15, 0.2) is 0 Å². The van der Waals surface area contributed by atoms with E-state index in [-0.39, 0.29) is 5.56 Å². The quantitative estimate of drug-likeness (QED) is 0.714. The van der Waals surface area contributed by atoms with Crippen LogP contribution >= 0.6 is 11.3 Å². The SMILES string of the molecule is CCN(Cc1ccccc1)c1nc2sc3c(c2c(=O)n1C)CCCC3. The van der Waals surface area contributed by atoms with Gasteiger partial charge in [0.1, 0.15) is 4.83 Å². The van der Waals surface area contributed by atoms with Crippen molar-refractivity contribution in [2.75, 3.05) is 11.4 Å². The number of aromatic nitrogens is 2. The molecule has 0 bridgehead atoms. The summed E-state index contributed by atoms with van der Waals surface area (Å²) in [5, 5.41) is 0.863. The summed E-state index contributed by atoms with van der Waals surface area (Å²) >= 11 is 1.72. The summed E-state index contributed by atoms with van der Waals surface area (Å²) in [4.78, 5) is 22.4. The van der Waals surface area contributed by atoms with E-state index in [1.165, 1.54) is 28.8 Å². The zero-order chi connectivity index (χ0) is 17.4. The summed E-state index contributed by atoms with van der Waals surface area (Å²) in [5.41, 5.74) is 2.59. The molecule has 4 nitrogen and oxygen atoms in total. The third kappa shape index (κ3) is 2.86. The van der Waals surface area contributed by atoms with E-state index < -0.39 is 0 Å². The molecule has 0 spiro atoms. The van der Waals surface area contributed by atoms with Crippen molar-refractivity contribution in [1.82, 2.24) is 9.55 Å². The fourth-order valence-corrected chi connectivity index (χ4v) is 4.93. The minimum Gasteiger partial charge on any atom is -0.338 e. The van der Waals surface area contributed by atoms with Gasteiger partial charge >= 0.3 is 0 Å². The molecule has 130 valence electrons. The Labute approximate surface area is 151 Å². The van der Waals surface area contributed by atoms with Crippen LogP contribution in [0.25, 0.3) is 10.2 Å². The summed E-state index contributed by atoms with van der Waals surface area (Å²) in [6.45, 7) is 3.68. The Morgan fingerprint density at radius 3 is 2.72 bits per heavy atom. The van der Waals surface area contributed by atoms with Gasteiger partial charge in [0.05, 0.1) is 5.39 Å². The van der Waals surface area contributed by atoms with Crippen molar-refractivity contribution in [2.45, 2.75) is 39.2 Å². The maximum atomic E-state index is 13.1. The molecule has 0 aliphatic heterocycles. The number of benzene rings is 1. The second kappa shape index (κ2) is 6.64. The highest BCUT2D eigenvalue weighted by Crippen LogP contribution is 2.34. The second-order valence-electron chi connectivity index (χ2n) is 6.67. The van der Waals surface area contributed by atoms with Crippen LogP contribution in [0.4, 0.5) is 5.95 Å². The average molecular weight is 353 g/mol. The second-order valence-corrected chi connectivity index (χ2v) is 7.75. The number of anilines is 1. The van der Waals surface area contributed by atoms with E-state index in [1.54, 1.807) is 15.9 Å². The molecule has 2 aromatic heterocycles. The van der Waals surface area contributed by atoms with Crippen LogP contribution in [0.3, 0.4) is 0 Å². The average Bonchev–Trinajstić information content (AvgIpc) is 3.02. The molecule has 1 aliphatic carbocycles. The largest absolute Gasteiger partial charge is 0.338 e. The highest BCUT2D eigenvalue weighted by molar-refractivity contribution is 7.18. The van der Waals surface area contributed by atoms with Crippen LogP contribution in [0.1, 0.15) is 35.8 Å². The van der Waals surface area contributed by atoms with Gasteiger partial charge in [0.25, 0.3) is 5.56 Å². The van der Waals surface area contributed by atoms with Gasteiger partial charge in [-0.25, -0.2) is 4.98 Å². The maximum absolute atomic E-state index is 13.1. The Hall–Kier alpha value is -2.14. The lowest BCUT2D eigenvalue weighted by Gasteiger charge is -2.24. The third-order valence-corrected chi connectivity index (χ3v) is 6.24. The third-order valence-electron chi connectivity index (χ3n) is 5.05. The van der Waals surface area contributed by atoms with Crippen molar-refractivity contribution in [2.24, 2.45) is 7.05 Å². The van der Waals surface area contributed by atoms with Crippen LogP contribution in [0.2, 0.25) is 0 Å². The molecule has 2 heterocycles. The first-order chi connectivity index (χ1) is 12.2. The Balaban J connectivity index is 1.81. The van der Waals surface area contributed by atoms with Gasteiger partial charge in [0.2, 0.25) is 5.95 Å². The number of hydrogen-bond donors (Lipinski definition) is 0. The Morgan fingerprint density at radius 2 is 1.96 bits per heavy atom. The summed E-state index contributed by atoms with van der Waals surface area (Å²) in [5.74, 6) is 0.766. The molecule has 5 heteroatoms. The normalized spacial score (nSPS) is 13.8. The molecular formula is C20H23N3OS. The van der Waals surface area contributed by atoms with E-state index in [0.717, 1.165) is 42.1 Å². The van der Waals surface area contributed by atoms with E-state index in [0.29, 0.717) is 0 Å². The fraction of sp³-hybridized carbons (Fsp3) is 0.400. The van der Waals surface area contributed by atoms with Crippen LogP contribution in [-0.2, 0) is 26.4 Å². The van der Waals surface area contributed by atoms with E-state index >= 15 is 0 Å². The molecule has 1 aromatic carbocycles. The van der Waals surface area contributed by atoms with Crippen molar-refractivity contribution in [3.8, 4) is 0 Å². The molecule has 0 unspecified atom stereocenters. The molecule has 25 heavy (non-hydrogen) atoms. The molecule has 0 fully saturated rings. The lowest BCUT2D eigenvalue weighted by Crippen LogP contribution is -2.31. The summed E-state index contributed by atoms with van der Waals surface area (Å²) in [7, 11) is 1.85. The molecule has 3 aromatic rings. The topological polar surface area (TPSA) is 38.1 Å². The van der Waals surface area contributed by atoms with Crippen LogP contribution in [0.5, 0.6) is 0 Å². The number of aryl methyl sites for hydroxylation is 2. The van der Waals surface area contributed by atoms with Gasteiger partial charge in [-0.3, -0.25) is 9.36 Å². The standard InChI is InChI=1S/C20H23N3OS/c1-3-23(13-14-9-5-4-6-10-14)20-21-18-17(19(24)22(20)2)15-11-7-8-12-16(15)25-18/h4-6,9-10H,3,7-8,11-13H2,1-2H3. The van der Waals surface area contributed by atoms with Crippen LogP contribution in [0.15, 0.2) is 35.1 Å². The molecule has 1 aliphatic rings. The lowest BCUT2D eigenvalue weighted by molar-refractivity contribution is 0.697. The Kier molecular flexibility index (Phi) is 4.34. The van der Waals surface area contributed by atoms with Gasteiger partial charge < -0.3 is 4.90 Å². The molecule has 4 rings (SSSR count). The smallest absolute Gasteiger partial charge is 0.263 e. The summed E-state index contributed by atoms with van der Waals surface area (Å²) in [6, 6.07) is 10.3. The Bertz CT molecular complexity index is 958. The Morgan fingerprint density at radius 1 is 1.20 bits per heavy atom. The van der Waals surface area contributed by atoms with Crippen molar-refractivity contribution in [3.63, 3.8) is 0 Å². The first-order valence-electron chi connectivity index (χ1n) is 8.99. The predicted molar refractivity (Wildman–Crippen MR) is 105 cm³/mol. The molecule has 0 amide bonds. The van der Waals surface area contributed by atoms with Gasteiger partial charge in [-0.1, -0.05) is 30.3 Å². The van der Waals surface area contributed by atoms with Crippen molar-refractivity contribution < 1.29 is 0 Å². The number of rotatable bonds is 4. The molecular weight excluding hydrogens is 330 g/mol. The summed E-state index contributed by atoms with van der Waals surface area (Å²) < 4.78 is 1.73. The van der Waals surface area contributed by atoms with Gasteiger partial charge in [-0.05, 0) is 43.7 Å². The lowest BCUT2D eigenvalue weighted by atomic mass is 9.97. The highest BCUT2D eigenvalue weighted by atomic mass is 32.1. The predicted octanol–water partition coefficient (Wildman–Crippen LogP) is 3.90. The van der Waals surface area contributed by atoms with E-state index in [1.807, 2.05) is 25.2 Å². The zero-order valence-electron chi connectivity index (χ0n) is 14.8. The van der Waals surface area contributed by atoms with E-state index in [4.69, 9.17) is 4.98 Å². The number of thiophene rings is 1. The fourth-order valence-electron chi connectivity index (χ4n) is 3.69. The minimum atomic E-state index is 0.103. The molecule has 0 saturated heterocycles. The van der Waals surface area contributed by atoms with Crippen LogP contribution in [0, 0.1) is 0 Å².